The van der Waals surface area contributed by atoms with E-state index in [9.17, 15) is 0 Å². The third-order valence-electron chi connectivity index (χ3n) is 3.11. The molecule has 0 aliphatic carbocycles. The van der Waals surface area contributed by atoms with Crippen molar-refractivity contribution in [1.29, 1.82) is 0 Å². The summed E-state index contributed by atoms with van der Waals surface area (Å²) in [5, 5.41) is 4.15. The van der Waals surface area contributed by atoms with E-state index in [1.807, 2.05) is 0 Å². The molecule has 0 heterocycles. The van der Waals surface area contributed by atoms with Crippen LogP contribution in [0, 0.1) is 0 Å². The molecule has 0 bridgehead atoms. The van der Waals surface area contributed by atoms with Crippen LogP contribution in [0.4, 0.5) is 0 Å². The average Bonchev–Trinajstić information content (AvgIpc) is 2.52. The highest BCUT2D eigenvalue weighted by Gasteiger charge is 2.15. The molecule has 1 unspecified atom stereocenters. The summed E-state index contributed by atoms with van der Waals surface area (Å²) < 4.78 is 1.12. The van der Waals surface area contributed by atoms with Crippen LogP contribution >= 0.6 is 33.8 Å². The van der Waals surface area contributed by atoms with Gasteiger partial charge in [-0.1, -0.05) is 88.7 Å². The lowest BCUT2D eigenvalue weighted by Crippen LogP contribution is -2.20. The van der Waals surface area contributed by atoms with E-state index in [-0.39, 0.29) is 9.90 Å². The molecule has 0 nitrogen and oxygen atoms in total. The maximum atomic E-state index is 3.51. The molecule has 0 N–H and O–H groups in total. The van der Waals surface area contributed by atoms with E-state index >= 15 is 0 Å². The fourth-order valence-electron chi connectivity index (χ4n) is 2.19. The minimum absolute atomic E-state index is 0. The average molecular weight is 375 g/mol. The predicted molar refractivity (Wildman–Crippen MR) is 104 cm³/mol. The second kappa shape index (κ2) is 7.85. The van der Waals surface area contributed by atoms with Crippen molar-refractivity contribution < 1.29 is 0 Å². The third kappa shape index (κ3) is 4.01. The zero-order valence-electron chi connectivity index (χ0n) is 11.6. The van der Waals surface area contributed by atoms with Gasteiger partial charge in [-0.2, -0.15) is 9.90 Å². The highest BCUT2D eigenvalue weighted by molar-refractivity contribution is 9.10. The summed E-state index contributed by atoms with van der Waals surface area (Å²) >= 11 is 3.51. The number of halogens is 1. The monoisotopic (exact) mass is 374 g/mol. The Hall–Kier alpha value is -1.000. The standard InChI is InChI=1S/C18H14BrP.H3P/c19-15-11-13-18(14-12-15)20(16-7-3-1-4-8-16)17-9-5-2-6-10-17;/h1-14H;1H3. The number of hydrogen-bond acceptors (Lipinski definition) is 0. The van der Waals surface area contributed by atoms with Crippen molar-refractivity contribution in [2.75, 3.05) is 0 Å². The summed E-state index contributed by atoms with van der Waals surface area (Å²) in [6, 6.07) is 30.2. The topological polar surface area (TPSA) is 0 Å². The summed E-state index contributed by atoms with van der Waals surface area (Å²) in [6.07, 6.45) is 0. The van der Waals surface area contributed by atoms with E-state index in [0.717, 1.165) is 4.47 Å². The van der Waals surface area contributed by atoms with Crippen molar-refractivity contribution in [3.8, 4) is 0 Å². The molecule has 3 aromatic rings. The molecule has 0 saturated carbocycles. The number of rotatable bonds is 3. The predicted octanol–water partition coefficient (Wildman–Crippen LogP) is 4.27. The van der Waals surface area contributed by atoms with E-state index < -0.39 is 7.92 Å². The normalized spacial score (nSPS) is 10.2. The van der Waals surface area contributed by atoms with Crippen molar-refractivity contribution >= 4 is 49.7 Å². The van der Waals surface area contributed by atoms with Gasteiger partial charge in [0.2, 0.25) is 0 Å². The molecular weight excluding hydrogens is 358 g/mol. The lowest BCUT2D eigenvalue weighted by Gasteiger charge is -2.19. The van der Waals surface area contributed by atoms with Crippen LogP contribution in [0.25, 0.3) is 0 Å². The Balaban J connectivity index is 0.00000161. The van der Waals surface area contributed by atoms with E-state index in [2.05, 4.69) is 101 Å². The second-order valence-corrected chi connectivity index (χ2v) is 7.62. The van der Waals surface area contributed by atoms with Crippen LogP contribution in [0.15, 0.2) is 89.4 Å². The largest absolute Gasteiger partial charge is 0.153 e. The highest BCUT2D eigenvalue weighted by Crippen LogP contribution is 2.32. The SMILES string of the molecule is Brc1ccc(P(c2ccccc2)c2ccccc2)cc1.P. The summed E-state index contributed by atoms with van der Waals surface area (Å²) in [5.41, 5.74) is 0. The first-order valence-corrected chi connectivity index (χ1v) is 8.64. The van der Waals surface area contributed by atoms with Gasteiger partial charge in [0.25, 0.3) is 0 Å². The van der Waals surface area contributed by atoms with Crippen LogP contribution in [-0.2, 0) is 0 Å². The molecule has 0 aliphatic heterocycles. The zero-order chi connectivity index (χ0) is 13.8. The van der Waals surface area contributed by atoms with Crippen LogP contribution in [0.3, 0.4) is 0 Å². The lowest BCUT2D eigenvalue weighted by molar-refractivity contribution is 1.69. The van der Waals surface area contributed by atoms with Crippen molar-refractivity contribution in [1.82, 2.24) is 0 Å². The molecule has 0 radical (unpaired) electrons. The van der Waals surface area contributed by atoms with Crippen LogP contribution in [0.2, 0.25) is 0 Å². The van der Waals surface area contributed by atoms with Gasteiger partial charge in [0.15, 0.2) is 0 Å². The van der Waals surface area contributed by atoms with Crippen LogP contribution in [0.5, 0.6) is 0 Å². The Labute approximate surface area is 139 Å². The number of hydrogen-bond donors (Lipinski definition) is 0. The summed E-state index contributed by atoms with van der Waals surface area (Å²) in [4.78, 5) is 0. The molecule has 0 amide bonds. The molecule has 0 fully saturated rings. The zero-order valence-corrected chi connectivity index (χ0v) is 15.5. The molecule has 106 valence electrons. The Morgan fingerprint density at radius 1 is 0.524 bits per heavy atom. The molecule has 21 heavy (non-hydrogen) atoms. The van der Waals surface area contributed by atoms with Crippen LogP contribution in [0.1, 0.15) is 0 Å². The van der Waals surface area contributed by atoms with Crippen molar-refractivity contribution in [2.45, 2.75) is 0 Å². The van der Waals surface area contributed by atoms with E-state index in [1.54, 1.807) is 0 Å². The van der Waals surface area contributed by atoms with E-state index in [1.165, 1.54) is 15.9 Å². The summed E-state index contributed by atoms with van der Waals surface area (Å²) in [5.74, 6) is 0. The van der Waals surface area contributed by atoms with Gasteiger partial charge in [-0.3, -0.25) is 0 Å². The maximum Gasteiger partial charge on any atom is 0.0175 e. The Bertz CT molecular complexity index is 627. The molecule has 0 aliphatic rings. The Kier molecular flexibility index (Phi) is 6.12. The van der Waals surface area contributed by atoms with Crippen LogP contribution < -0.4 is 15.9 Å². The fraction of sp³-hybridized carbons (Fsp3) is 0. The summed E-state index contributed by atoms with van der Waals surface area (Å²) in [7, 11) is -0.479. The first-order valence-electron chi connectivity index (χ1n) is 6.50. The van der Waals surface area contributed by atoms with E-state index in [4.69, 9.17) is 0 Å². The van der Waals surface area contributed by atoms with Gasteiger partial charge in [0.05, 0.1) is 0 Å². The maximum absolute atomic E-state index is 3.51. The second-order valence-electron chi connectivity index (χ2n) is 4.48. The summed E-state index contributed by atoms with van der Waals surface area (Å²) in [6.45, 7) is 0. The van der Waals surface area contributed by atoms with Crippen molar-refractivity contribution in [3.05, 3.63) is 89.4 Å². The van der Waals surface area contributed by atoms with Crippen molar-refractivity contribution in [3.63, 3.8) is 0 Å². The van der Waals surface area contributed by atoms with Gasteiger partial charge in [-0.05, 0) is 36.0 Å². The van der Waals surface area contributed by atoms with Gasteiger partial charge in [0, 0.05) is 4.47 Å². The van der Waals surface area contributed by atoms with Crippen LogP contribution in [-0.4, -0.2) is 0 Å². The molecule has 0 spiro atoms. The Morgan fingerprint density at radius 2 is 0.905 bits per heavy atom. The van der Waals surface area contributed by atoms with Crippen molar-refractivity contribution in [2.24, 2.45) is 0 Å². The molecule has 3 rings (SSSR count). The molecule has 0 aromatic heterocycles. The minimum atomic E-state index is -0.479. The highest BCUT2D eigenvalue weighted by atomic mass is 79.9. The lowest BCUT2D eigenvalue weighted by atomic mass is 10.4. The first kappa shape index (κ1) is 16.4. The van der Waals surface area contributed by atoms with Gasteiger partial charge < -0.3 is 0 Å². The smallest absolute Gasteiger partial charge is 0.0175 e. The molecular formula is C18H17BrP2. The van der Waals surface area contributed by atoms with E-state index in [0.29, 0.717) is 0 Å². The quantitative estimate of drug-likeness (QED) is 0.600. The first-order chi connectivity index (χ1) is 9.84. The van der Waals surface area contributed by atoms with Gasteiger partial charge >= 0.3 is 0 Å². The molecule has 3 aromatic carbocycles. The Morgan fingerprint density at radius 3 is 1.33 bits per heavy atom. The third-order valence-corrected chi connectivity index (χ3v) is 6.09. The molecule has 3 heteroatoms. The van der Waals surface area contributed by atoms with Gasteiger partial charge in [-0.15, -0.1) is 0 Å². The molecule has 0 saturated heterocycles. The minimum Gasteiger partial charge on any atom is -0.153 e. The van der Waals surface area contributed by atoms with Gasteiger partial charge in [0.1, 0.15) is 0 Å². The molecule has 1 atom stereocenters. The fourth-order valence-corrected chi connectivity index (χ4v) is 4.74. The number of benzene rings is 3. The van der Waals surface area contributed by atoms with Gasteiger partial charge in [-0.25, -0.2) is 0 Å².